The van der Waals surface area contributed by atoms with E-state index < -0.39 is 0 Å². The molecule has 3 heterocycles. The third-order valence-electron chi connectivity index (χ3n) is 12.1. The molecule has 278 valence electrons. The molecule has 10 aromatic carbocycles. The normalized spacial score (nSPS) is 12.0. The topological polar surface area (TPSA) is 65.0 Å². The maximum Gasteiger partial charge on any atom is 0.164 e. The second-order valence-electron chi connectivity index (χ2n) is 15.5. The van der Waals surface area contributed by atoms with Gasteiger partial charge in [0.05, 0.1) is 0 Å². The van der Waals surface area contributed by atoms with Gasteiger partial charge in [-0.3, -0.25) is 0 Å². The fourth-order valence-corrected chi connectivity index (χ4v) is 9.29. The molecule has 13 aromatic rings. The molecule has 0 radical (unpaired) electrons. The second-order valence-corrected chi connectivity index (χ2v) is 15.5. The molecule has 0 N–H and O–H groups in total. The summed E-state index contributed by atoms with van der Waals surface area (Å²) in [4.78, 5) is 16.0. The summed E-state index contributed by atoms with van der Waals surface area (Å²) in [5, 5.41) is 13.3. The van der Waals surface area contributed by atoms with E-state index in [1.165, 1.54) is 16.2 Å². The van der Waals surface area contributed by atoms with Crippen molar-refractivity contribution < 1.29 is 8.83 Å². The average molecular weight is 766 g/mol. The molecule has 0 bridgehead atoms. The molecule has 0 aliphatic rings. The highest BCUT2D eigenvalue weighted by Gasteiger charge is 2.21. The Morgan fingerprint density at radius 2 is 0.900 bits per heavy atom. The summed E-state index contributed by atoms with van der Waals surface area (Å²) in [5.41, 5.74) is 8.16. The fraction of sp³-hybridized carbons (Fsp3) is 0. The summed E-state index contributed by atoms with van der Waals surface area (Å²) in [6.45, 7) is 0. The van der Waals surface area contributed by atoms with E-state index in [1.54, 1.807) is 0 Å². The van der Waals surface area contributed by atoms with Crippen molar-refractivity contribution in [2.75, 3.05) is 0 Å². The van der Waals surface area contributed by atoms with Crippen LogP contribution in [0.25, 0.3) is 132 Å². The van der Waals surface area contributed by atoms with Crippen LogP contribution in [0.4, 0.5) is 0 Å². The van der Waals surface area contributed by atoms with Crippen molar-refractivity contribution in [3.05, 3.63) is 188 Å². The van der Waals surface area contributed by atoms with E-state index >= 15 is 0 Å². The number of para-hydroxylation sites is 2. The maximum atomic E-state index is 6.78. The summed E-state index contributed by atoms with van der Waals surface area (Å²) in [5.74, 6) is 1.76. The first-order chi connectivity index (χ1) is 29.7. The minimum Gasteiger partial charge on any atom is -0.456 e. The Hall–Kier alpha value is -8.15. The van der Waals surface area contributed by atoms with Crippen LogP contribution in [0.2, 0.25) is 0 Å². The highest BCUT2D eigenvalue weighted by molar-refractivity contribution is 6.20. The van der Waals surface area contributed by atoms with E-state index in [0.29, 0.717) is 17.5 Å². The van der Waals surface area contributed by atoms with Gasteiger partial charge in [0.2, 0.25) is 0 Å². The molecule has 60 heavy (non-hydrogen) atoms. The van der Waals surface area contributed by atoms with Gasteiger partial charge in [0.25, 0.3) is 0 Å². The van der Waals surface area contributed by atoms with Crippen LogP contribution in [-0.2, 0) is 0 Å². The number of rotatable bonds is 4. The third kappa shape index (κ3) is 4.96. The molecule has 0 spiro atoms. The molecule has 3 aromatic heterocycles. The first kappa shape index (κ1) is 32.9. The molecule has 0 saturated carbocycles. The van der Waals surface area contributed by atoms with Crippen LogP contribution < -0.4 is 0 Å². The Bertz CT molecular complexity index is 3910. The summed E-state index contributed by atoms with van der Waals surface area (Å²) in [6.07, 6.45) is 0. The van der Waals surface area contributed by atoms with Gasteiger partial charge < -0.3 is 8.83 Å². The maximum absolute atomic E-state index is 6.78. The van der Waals surface area contributed by atoms with Crippen molar-refractivity contribution >= 4 is 87.0 Å². The molecular weight excluding hydrogens is 735 g/mol. The lowest BCUT2D eigenvalue weighted by molar-refractivity contribution is 0.669. The van der Waals surface area contributed by atoms with Gasteiger partial charge in [0, 0.05) is 43.8 Å². The Morgan fingerprint density at radius 1 is 0.283 bits per heavy atom. The third-order valence-corrected chi connectivity index (χ3v) is 12.1. The van der Waals surface area contributed by atoms with Gasteiger partial charge in [-0.1, -0.05) is 152 Å². The molecule has 0 atom stereocenters. The SMILES string of the molecule is c1ccc2cc(-c3cccc4c3oc3cccc(-c5nc(-c6ccc7ccc8oc9ccccc9c8c7c6)nc(-c6cc7ccccc7c7ccccc67)n5)c34)ccc2c1. The van der Waals surface area contributed by atoms with Crippen molar-refractivity contribution in [3.8, 4) is 45.3 Å². The van der Waals surface area contributed by atoms with Crippen molar-refractivity contribution in [1.29, 1.82) is 0 Å². The first-order valence-electron chi connectivity index (χ1n) is 20.2. The predicted molar refractivity (Wildman–Crippen MR) is 246 cm³/mol. The number of aromatic nitrogens is 3. The molecule has 0 saturated heterocycles. The smallest absolute Gasteiger partial charge is 0.164 e. The number of fused-ring (bicyclic) bond motifs is 12. The van der Waals surface area contributed by atoms with Crippen LogP contribution in [0, 0.1) is 0 Å². The molecule has 0 fully saturated rings. The molecule has 0 unspecified atom stereocenters. The first-order valence-corrected chi connectivity index (χ1v) is 20.2. The summed E-state index contributed by atoms with van der Waals surface area (Å²) < 4.78 is 13.1. The number of furan rings is 2. The minimum absolute atomic E-state index is 0.573. The zero-order chi connectivity index (χ0) is 39.3. The van der Waals surface area contributed by atoms with Crippen LogP contribution >= 0.6 is 0 Å². The monoisotopic (exact) mass is 765 g/mol. The lowest BCUT2D eigenvalue weighted by atomic mass is 9.96. The number of benzene rings is 10. The van der Waals surface area contributed by atoms with E-state index in [0.717, 1.165) is 98.6 Å². The molecule has 5 heteroatoms. The fourth-order valence-electron chi connectivity index (χ4n) is 9.29. The number of nitrogens with zero attached hydrogens (tertiary/aromatic N) is 3. The van der Waals surface area contributed by atoms with Gasteiger partial charge in [0.1, 0.15) is 22.3 Å². The second kappa shape index (κ2) is 12.7. The zero-order valence-corrected chi connectivity index (χ0v) is 32.1. The standard InChI is InChI=1S/C55H31N3O2/c1-2-12-34-29-36(25-23-32(34)11-1)39-18-9-19-43-51-44(20-10-22-48(51)60-52(39)43)54-56-53(37-26-24-33-27-28-49-50(45(33)31-37)42-17-7-8-21-47(42)59-49)57-55(58-54)46-30-35-13-3-4-14-38(35)40-15-5-6-16-41(40)46/h1-31H. The molecule has 0 aliphatic heterocycles. The Balaban J connectivity index is 1.08. The van der Waals surface area contributed by atoms with Crippen LogP contribution in [0.15, 0.2) is 197 Å². The molecular formula is C55H31N3O2. The molecule has 5 nitrogen and oxygen atoms in total. The van der Waals surface area contributed by atoms with E-state index in [4.69, 9.17) is 23.8 Å². The number of hydrogen-bond acceptors (Lipinski definition) is 5. The zero-order valence-electron chi connectivity index (χ0n) is 32.1. The van der Waals surface area contributed by atoms with Crippen LogP contribution in [-0.4, -0.2) is 15.0 Å². The molecule has 13 rings (SSSR count). The largest absolute Gasteiger partial charge is 0.456 e. The Labute approximate surface area is 342 Å². The van der Waals surface area contributed by atoms with Gasteiger partial charge in [-0.2, -0.15) is 0 Å². The lowest BCUT2D eigenvalue weighted by Gasteiger charge is -2.13. The van der Waals surface area contributed by atoms with Crippen LogP contribution in [0.1, 0.15) is 0 Å². The van der Waals surface area contributed by atoms with Gasteiger partial charge in [-0.05, 0) is 85.1 Å². The van der Waals surface area contributed by atoms with Gasteiger partial charge in [-0.15, -0.1) is 0 Å². The molecule has 0 amide bonds. The van der Waals surface area contributed by atoms with Crippen LogP contribution in [0.3, 0.4) is 0 Å². The van der Waals surface area contributed by atoms with Gasteiger partial charge in [-0.25, -0.2) is 15.0 Å². The van der Waals surface area contributed by atoms with E-state index in [-0.39, 0.29) is 0 Å². The minimum atomic E-state index is 0.573. The summed E-state index contributed by atoms with van der Waals surface area (Å²) in [7, 11) is 0. The Morgan fingerprint density at radius 3 is 1.80 bits per heavy atom. The predicted octanol–water partition coefficient (Wildman–Crippen LogP) is 15.0. The quantitative estimate of drug-likeness (QED) is 0.167. The Kier molecular flexibility index (Phi) is 6.95. The summed E-state index contributed by atoms with van der Waals surface area (Å²) >= 11 is 0. The van der Waals surface area contributed by atoms with E-state index in [9.17, 15) is 0 Å². The average Bonchev–Trinajstić information content (AvgIpc) is 3.90. The van der Waals surface area contributed by atoms with Gasteiger partial charge in [0.15, 0.2) is 17.5 Å². The van der Waals surface area contributed by atoms with Crippen molar-refractivity contribution in [3.63, 3.8) is 0 Å². The van der Waals surface area contributed by atoms with E-state index in [1.807, 2.05) is 24.3 Å². The highest BCUT2D eigenvalue weighted by Crippen LogP contribution is 2.42. The van der Waals surface area contributed by atoms with Crippen molar-refractivity contribution in [2.24, 2.45) is 0 Å². The lowest BCUT2D eigenvalue weighted by Crippen LogP contribution is -2.01. The highest BCUT2D eigenvalue weighted by atomic mass is 16.3. The number of hydrogen-bond donors (Lipinski definition) is 0. The molecule has 0 aliphatic carbocycles. The van der Waals surface area contributed by atoms with Gasteiger partial charge >= 0.3 is 0 Å². The van der Waals surface area contributed by atoms with Crippen molar-refractivity contribution in [1.82, 2.24) is 15.0 Å². The van der Waals surface area contributed by atoms with Crippen LogP contribution in [0.5, 0.6) is 0 Å². The van der Waals surface area contributed by atoms with Crippen molar-refractivity contribution in [2.45, 2.75) is 0 Å². The van der Waals surface area contributed by atoms with E-state index in [2.05, 4.69) is 164 Å². The summed E-state index contributed by atoms with van der Waals surface area (Å²) in [6, 6.07) is 65.7.